The Balaban J connectivity index is 1.48. The van der Waals surface area contributed by atoms with Crippen molar-refractivity contribution < 1.29 is 19.1 Å². The van der Waals surface area contributed by atoms with Gasteiger partial charge in [0, 0.05) is 19.0 Å². The maximum absolute atomic E-state index is 12.3. The molecular weight excluding hydrogens is 391 g/mol. The lowest BCUT2D eigenvalue weighted by Crippen LogP contribution is -2.38. The van der Waals surface area contributed by atoms with Crippen molar-refractivity contribution in [1.82, 2.24) is 4.90 Å². The van der Waals surface area contributed by atoms with Crippen molar-refractivity contribution >= 4 is 46.7 Å². The molecule has 1 N–H and O–H groups in total. The first-order chi connectivity index (χ1) is 13.0. The number of anilines is 1. The summed E-state index contributed by atoms with van der Waals surface area (Å²) in [6.07, 6.45) is 5.59. The standard InChI is InChI=1S/C19H22Cl2N2O4/c20-14-7-4-8-15(18(14)21)22-16(24)11-27-19(26)12-9-17(25)23(10-12)13-5-2-1-3-6-13/h4,7-8,12-13H,1-3,5-6,9-11H2,(H,22,24)/t12-/m0/s1. The van der Waals surface area contributed by atoms with Crippen molar-refractivity contribution in [3.05, 3.63) is 28.2 Å². The zero-order valence-electron chi connectivity index (χ0n) is 14.9. The molecule has 27 heavy (non-hydrogen) atoms. The molecule has 6 nitrogen and oxygen atoms in total. The Morgan fingerprint density at radius 2 is 1.93 bits per heavy atom. The first-order valence-electron chi connectivity index (χ1n) is 9.15. The lowest BCUT2D eigenvalue weighted by Gasteiger charge is -2.31. The fourth-order valence-corrected chi connectivity index (χ4v) is 4.02. The Morgan fingerprint density at radius 3 is 2.67 bits per heavy atom. The first kappa shape index (κ1) is 20.0. The van der Waals surface area contributed by atoms with E-state index in [1.807, 2.05) is 4.90 Å². The summed E-state index contributed by atoms with van der Waals surface area (Å²) in [5, 5.41) is 3.10. The number of hydrogen-bond acceptors (Lipinski definition) is 4. The van der Waals surface area contributed by atoms with Crippen molar-refractivity contribution in [2.75, 3.05) is 18.5 Å². The monoisotopic (exact) mass is 412 g/mol. The molecule has 0 radical (unpaired) electrons. The molecular formula is C19H22Cl2N2O4. The molecule has 1 atom stereocenters. The number of carbonyl (C=O) groups is 3. The Morgan fingerprint density at radius 1 is 1.19 bits per heavy atom. The van der Waals surface area contributed by atoms with Gasteiger partial charge in [0.2, 0.25) is 5.91 Å². The van der Waals surface area contributed by atoms with E-state index in [4.69, 9.17) is 27.9 Å². The Bertz CT molecular complexity index is 734. The number of likely N-dealkylation sites (tertiary alicyclic amines) is 1. The predicted molar refractivity (Wildman–Crippen MR) is 103 cm³/mol. The molecule has 0 bridgehead atoms. The van der Waals surface area contributed by atoms with Gasteiger partial charge in [-0.25, -0.2) is 0 Å². The van der Waals surface area contributed by atoms with Gasteiger partial charge in [0.15, 0.2) is 6.61 Å². The lowest BCUT2D eigenvalue weighted by molar-refractivity contribution is -0.151. The molecule has 2 amide bonds. The SMILES string of the molecule is O=C(COC(=O)[C@H]1CC(=O)N(C2CCCCC2)C1)Nc1cccc(Cl)c1Cl. The van der Waals surface area contributed by atoms with E-state index in [1.54, 1.807) is 18.2 Å². The molecule has 1 aromatic carbocycles. The molecule has 8 heteroatoms. The van der Waals surface area contributed by atoms with Crippen LogP contribution in [0.2, 0.25) is 10.0 Å². The van der Waals surface area contributed by atoms with Crippen molar-refractivity contribution in [1.29, 1.82) is 0 Å². The molecule has 1 aromatic rings. The number of carbonyl (C=O) groups excluding carboxylic acids is 3. The second-order valence-corrected chi connectivity index (χ2v) is 7.78. The number of ether oxygens (including phenoxy) is 1. The number of esters is 1. The molecule has 2 aliphatic rings. The highest BCUT2D eigenvalue weighted by atomic mass is 35.5. The smallest absolute Gasteiger partial charge is 0.311 e. The van der Waals surface area contributed by atoms with Gasteiger partial charge in [0.05, 0.1) is 21.7 Å². The van der Waals surface area contributed by atoms with Gasteiger partial charge in [-0.1, -0.05) is 48.5 Å². The van der Waals surface area contributed by atoms with E-state index in [0.29, 0.717) is 17.3 Å². The molecule has 0 spiro atoms. The van der Waals surface area contributed by atoms with Gasteiger partial charge in [0.25, 0.3) is 5.91 Å². The van der Waals surface area contributed by atoms with Crippen LogP contribution < -0.4 is 5.32 Å². The quantitative estimate of drug-likeness (QED) is 0.748. The number of hydrogen-bond donors (Lipinski definition) is 1. The largest absolute Gasteiger partial charge is 0.455 e. The van der Waals surface area contributed by atoms with Crippen LogP contribution in [0.3, 0.4) is 0 Å². The number of benzene rings is 1. The fourth-order valence-electron chi connectivity index (χ4n) is 3.68. The fraction of sp³-hybridized carbons (Fsp3) is 0.526. The van der Waals surface area contributed by atoms with E-state index in [-0.39, 0.29) is 23.4 Å². The second-order valence-electron chi connectivity index (χ2n) is 7.00. The van der Waals surface area contributed by atoms with Crippen molar-refractivity contribution in [2.45, 2.75) is 44.6 Å². The molecule has 3 rings (SSSR count). The van der Waals surface area contributed by atoms with Gasteiger partial charge in [-0.2, -0.15) is 0 Å². The third kappa shape index (κ3) is 4.93. The van der Waals surface area contributed by atoms with E-state index >= 15 is 0 Å². The highest BCUT2D eigenvalue weighted by Crippen LogP contribution is 2.30. The Labute approximate surface area is 168 Å². The van der Waals surface area contributed by atoms with Gasteiger partial charge in [-0.15, -0.1) is 0 Å². The molecule has 0 aromatic heterocycles. The zero-order valence-corrected chi connectivity index (χ0v) is 16.4. The number of rotatable bonds is 5. The Hall–Kier alpha value is -1.79. The summed E-state index contributed by atoms with van der Waals surface area (Å²) in [6, 6.07) is 5.09. The van der Waals surface area contributed by atoms with Crippen LogP contribution in [0, 0.1) is 5.92 Å². The minimum atomic E-state index is -0.519. The van der Waals surface area contributed by atoms with Crippen LogP contribution in [0.4, 0.5) is 5.69 Å². The van der Waals surface area contributed by atoms with E-state index in [0.717, 1.165) is 25.7 Å². The molecule has 1 aliphatic carbocycles. The van der Waals surface area contributed by atoms with Gasteiger partial charge in [0.1, 0.15) is 0 Å². The maximum Gasteiger partial charge on any atom is 0.311 e. The van der Waals surface area contributed by atoms with Crippen LogP contribution in [-0.2, 0) is 19.1 Å². The zero-order chi connectivity index (χ0) is 19.4. The van der Waals surface area contributed by atoms with Crippen LogP contribution in [0.15, 0.2) is 18.2 Å². The topological polar surface area (TPSA) is 75.7 Å². The molecule has 1 heterocycles. The number of halogens is 2. The van der Waals surface area contributed by atoms with Gasteiger partial charge >= 0.3 is 5.97 Å². The highest BCUT2D eigenvalue weighted by Gasteiger charge is 2.39. The normalized spacial score (nSPS) is 20.6. The van der Waals surface area contributed by atoms with Crippen LogP contribution in [0.5, 0.6) is 0 Å². The summed E-state index contributed by atoms with van der Waals surface area (Å²) >= 11 is 11.9. The lowest BCUT2D eigenvalue weighted by atomic mass is 9.94. The average molecular weight is 413 g/mol. The summed E-state index contributed by atoms with van der Waals surface area (Å²) in [7, 11) is 0. The first-order valence-corrected chi connectivity index (χ1v) is 9.91. The van der Waals surface area contributed by atoms with Crippen LogP contribution in [-0.4, -0.2) is 41.9 Å². The van der Waals surface area contributed by atoms with E-state index in [1.165, 1.54) is 6.42 Å². The van der Waals surface area contributed by atoms with Crippen molar-refractivity contribution in [3.8, 4) is 0 Å². The molecule has 1 aliphatic heterocycles. The Kier molecular flexibility index (Phi) is 6.60. The third-order valence-electron chi connectivity index (χ3n) is 5.08. The molecule has 146 valence electrons. The summed E-state index contributed by atoms with van der Waals surface area (Å²) in [5.74, 6) is -1.55. The predicted octanol–water partition coefficient (Wildman–Crippen LogP) is 3.66. The summed E-state index contributed by atoms with van der Waals surface area (Å²) in [6.45, 7) is -0.0557. The summed E-state index contributed by atoms with van der Waals surface area (Å²) in [5.41, 5.74) is 0.352. The van der Waals surface area contributed by atoms with Crippen LogP contribution >= 0.6 is 23.2 Å². The molecule has 0 unspecified atom stereocenters. The number of nitrogens with one attached hydrogen (secondary N) is 1. The van der Waals surface area contributed by atoms with Crippen LogP contribution in [0.1, 0.15) is 38.5 Å². The highest BCUT2D eigenvalue weighted by molar-refractivity contribution is 6.44. The van der Waals surface area contributed by atoms with Crippen LogP contribution in [0.25, 0.3) is 0 Å². The van der Waals surface area contributed by atoms with E-state index < -0.39 is 24.4 Å². The maximum atomic E-state index is 12.3. The minimum Gasteiger partial charge on any atom is -0.455 e. The minimum absolute atomic E-state index is 0.000916. The number of nitrogens with zero attached hydrogens (tertiary/aromatic N) is 1. The average Bonchev–Trinajstić information content (AvgIpc) is 3.06. The van der Waals surface area contributed by atoms with Gasteiger partial charge in [-0.05, 0) is 25.0 Å². The second kappa shape index (κ2) is 8.93. The van der Waals surface area contributed by atoms with Crippen molar-refractivity contribution in [2.24, 2.45) is 5.92 Å². The van der Waals surface area contributed by atoms with Gasteiger partial charge in [-0.3, -0.25) is 14.4 Å². The molecule has 1 saturated carbocycles. The summed E-state index contributed by atoms with van der Waals surface area (Å²) < 4.78 is 5.11. The van der Waals surface area contributed by atoms with Crippen molar-refractivity contribution in [3.63, 3.8) is 0 Å². The van der Waals surface area contributed by atoms with Gasteiger partial charge < -0.3 is 15.0 Å². The van der Waals surface area contributed by atoms with E-state index in [9.17, 15) is 14.4 Å². The van der Waals surface area contributed by atoms with E-state index in [2.05, 4.69) is 5.32 Å². The third-order valence-corrected chi connectivity index (χ3v) is 5.90. The molecule has 2 fully saturated rings. The molecule has 1 saturated heterocycles. The number of amides is 2. The summed E-state index contributed by atoms with van der Waals surface area (Å²) in [4.78, 5) is 38.3.